The van der Waals surface area contributed by atoms with Crippen LogP contribution in [0.25, 0.3) is 21.1 Å². The SMILES string of the molecule is Cc1c(CN2CCC(Nc3ncnc4sc(CC(F)(F)F)cc34)CC2)ccc2c1cc(C#N)n2CCc1cccc(N)c1. The van der Waals surface area contributed by atoms with E-state index < -0.39 is 12.6 Å². The summed E-state index contributed by atoms with van der Waals surface area (Å²) in [5, 5.41) is 15.1. The van der Waals surface area contributed by atoms with E-state index in [0.29, 0.717) is 28.3 Å². The molecule has 4 heterocycles. The smallest absolute Gasteiger partial charge is 0.393 e. The normalized spacial score (nSPS) is 14.9. The summed E-state index contributed by atoms with van der Waals surface area (Å²) in [5.74, 6) is 0.600. The quantitative estimate of drug-likeness (QED) is 0.189. The maximum Gasteiger partial charge on any atom is 0.393 e. The Bertz CT molecular complexity index is 1810. The number of piperidine rings is 1. The van der Waals surface area contributed by atoms with Crippen LogP contribution in [0.2, 0.25) is 0 Å². The molecular formula is C32H32F3N7S. The number of aryl methyl sites for hydroxylation is 3. The van der Waals surface area contributed by atoms with Crippen LogP contribution in [0.4, 0.5) is 24.7 Å². The molecule has 222 valence electrons. The number of aromatic nitrogens is 3. The molecule has 0 spiro atoms. The third-order valence-electron chi connectivity index (χ3n) is 8.23. The Labute approximate surface area is 251 Å². The van der Waals surface area contributed by atoms with Gasteiger partial charge in [0.1, 0.15) is 28.7 Å². The van der Waals surface area contributed by atoms with Gasteiger partial charge in [-0.3, -0.25) is 4.90 Å². The van der Waals surface area contributed by atoms with Crippen LogP contribution < -0.4 is 11.1 Å². The highest BCUT2D eigenvalue weighted by atomic mass is 32.1. The summed E-state index contributed by atoms with van der Waals surface area (Å²) in [6.45, 7) is 5.41. The Kier molecular flexibility index (Phi) is 7.99. The second kappa shape index (κ2) is 11.9. The number of benzene rings is 2. The van der Waals surface area contributed by atoms with Gasteiger partial charge in [0.2, 0.25) is 0 Å². The van der Waals surface area contributed by atoms with Crippen LogP contribution in [0.5, 0.6) is 0 Å². The molecule has 1 fully saturated rings. The lowest BCUT2D eigenvalue weighted by molar-refractivity contribution is -0.126. The molecule has 0 saturated carbocycles. The van der Waals surface area contributed by atoms with Crippen LogP contribution in [0.1, 0.15) is 40.1 Å². The highest BCUT2D eigenvalue weighted by molar-refractivity contribution is 7.18. The largest absolute Gasteiger partial charge is 0.399 e. The molecule has 3 N–H and O–H groups in total. The molecule has 6 rings (SSSR count). The molecule has 1 saturated heterocycles. The molecule has 0 amide bonds. The molecule has 1 aliphatic heterocycles. The fourth-order valence-electron chi connectivity index (χ4n) is 5.99. The van der Waals surface area contributed by atoms with Crippen molar-refractivity contribution in [1.82, 2.24) is 19.4 Å². The van der Waals surface area contributed by atoms with E-state index in [-0.39, 0.29) is 10.9 Å². The zero-order valence-electron chi connectivity index (χ0n) is 23.8. The zero-order valence-corrected chi connectivity index (χ0v) is 24.6. The molecule has 0 bridgehead atoms. The summed E-state index contributed by atoms with van der Waals surface area (Å²) >= 11 is 1.07. The van der Waals surface area contributed by atoms with E-state index in [0.717, 1.165) is 72.4 Å². The third kappa shape index (κ3) is 6.45. The van der Waals surface area contributed by atoms with E-state index in [4.69, 9.17) is 5.73 Å². The third-order valence-corrected chi connectivity index (χ3v) is 9.28. The van der Waals surface area contributed by atoms with Crippen LogP contribution in [-0.4, -0.2) is 44.7 Å². The van der Waals surface area contributed by atoms with E-state index in [9.17, 15) is 18.4 Å². The first kappa shape index (κ1) is 29.0. The van der Waals surface area contributed by atoms with E-state index in [1.807, 2.05) is 24.3 Å². The number of nitrogens with zero attached hydrogens (tertiary/aromatic N) is 5. The summed E-state index contributed by atoms with van der Waals surface area (Å²) in [6.07, 6.45) is -1.22. The van der Waals surface area contributed by atoms with E-state index in [1.54, 1.807) is 6.07 Å². The molecule has 7 nitrogen and oxygen atoms in total. The average Bonchev–Trinajstić information content (AvgIpc) is 3.55. The number of nitriles is 1. The van der Waals surface area contributed by atoms with Gasteiger partial charge in [0.25, 0.3) is 0 Å². The Morgan fingerprint density at radius 3 is 2.65 bits per heavy atom. The van der Waals surface area contributed by atoms with Gasteiger partial charge in [-0.15, -0.1) is 11.3 Å². The number of nitrogen functional groups attached to an aromatic ring is 1. The first-order valence-electron chi connectivity index (χ1n) is 14.3. The number of hydrogen-bond donors (Lipinski definition) is 2. The minimum Gasteiger partial charge on any atom is -0.399 e. The number of halogens is 3. The fraction of sp³-hybridized carbons (Fsp3) is 0.344. The molecule has 0 unspecified atom stereocenters. The van der Waals surface area contributed by atoms with Crippen molar-refractivity contribution in [1.29, 1.82) is 5.26 Å². The molecular weight excluding hydrogens is 571 g/mol. The van der Waals surface area contributed by atoms with Crippen molar-refractivity contribution in [2.24, 2.45) is 0 Å². The zero-order chi connectivity index (χ0) is 30.1. The lowest BCUT2D eigenvalue weighted by atomic mass is 10.0. The van der Waals surface area contributed by atoms with Crippen LogP contribution in [0.15, 0.2) is 54.9 Å². The van der Waals surface area contributed by atoms with Crippen molar-refractivity contribution >= 4 is 44.0 Å². The summed E-state index contributed by atoms with van der Waals surface area (Å²) in [7, 11) is 0. The van der Waals surface area contributed by atoms with E-state index in [2.05, 4.69) is 55.9 Å². The van der Waals surface area contributed by atoms with Gasteiger partial charge in [0.15, 0.2) is 0 Å². The Morgan fingerprint density at radius 1 is 1.09 bits per heavy atom. The number of nitrogens with one attached hydrogen (secondary N) is 1. The molecule has 0 aliphatic carbocycles. The predicted molar refractivity (Wildman–Crippen MR) is 165 cm³/mol. The van der Waals surface area contributed by atoms with Gasteiger partial charge >= 0.3 is 6.18 Å². The lowest BCUT2D eigenvalue weighted by Gasteiger charge is -2.33. The number of likely N-dealkylation sites (tertiary alicyclic amines) is 1. The molecule has 1 aliphatic rings. The Morgan fingerprint density at radius 2 is 1.91 bits per heavy atom. The molecule has 43 heavy (non-hydrogen) atoms. The second-order valence-corrected chi connectivity index (χ2v) is 12.3. The number of anilines is 2. The van der Waals surface area contributed by atoms with Gasteiger partial charge in [0.05, 0.1) is 11.8 Å². The van der Waals surface area contributed by atoms with Crippen LogP contribution in [0.3, 0.4) is 0 Å². The Hall–Kier alpha value is -4.14. The highest BCUT2D eigenvalue weighted by Gasteiger charge is 2.29. The number of nitrogens with two attached hydrogens (primary N) is 1. The molecule has 11 heteroatoms. The summed E-state index contributed by atoms with van der Waals surface area (Å²) in [5.41, 5.74) is 12.0. The number of rotatable bonds is 8. The van der Waals surface area contributed by atoms with Gasteiger partial charge < -0.3 is 15.6 Å². The molecule has 2 aromatic carbocycles. The summed E-state index contributed by atoms with van der Waals surface area (Å²) < 4.78 is 40.8. The summed E-state index contributed by atoms with van der Waals surface area (Å²) in [6, 6.07) is 18.3. The lowest BCUT2D eigenvalue weighted by Crippen LogP contribution is -2.39. The standard InChI is InChI=1S/C32H32F3N7S/c1-20-22(5-6-29-27(20)14-25(17-36)42(29)12-7-21-3-2-4-23(37)13-21)18-41-10-8-24(9-11-41)40-30-28-15-26(16-32(33,34)35)43-31(28)39-19-38-30/h2-6,13-15,19,24H,7-12,16,18,37H2,1H3,(H,38,39,40). The van der Waals surface area contributed by atoms with E-state index >= 15 is 0 Å². The van der Waals surface area contributed by atoms with Crippen molar-refractivity contribution in [2.75, 3.05) is 24.1 Å². The minimum absolute atomic E-state index is 0.177. The monoisotopic (exact) mass is 603 g/mol. The first-order chi connectivity index (χ1) is 20.7. The molecule has 0 atom stereocenters. The Balaban J connectivity index is 1.10. The number of thiophene rings is 1. The minimum atomic E-state index is -4.25. The molecule has 5 aromatic rings. The second-order valence-electron chi connectivity index (χ2n) is 11.2. The van der Waals surface area contributed by atoms with Crippen molar-refractivity contribution in [3.63, 3.8) is 0 Å². The average molecular weight is 604 g/mol. The van der Waals surface area contributed by atoms with Crippen LogP contribution >= 0.6 is 11.3 Å². The van der Waals surface area contributed by atoms with Gasteiger partial charge in [-0.2, -0.15) is 18.4 Å². The molecule has 0 radical (unpaired) electrons. The number of alkyl halides is 3. The summed E-state index contributed by atoms with van der Waals surface area (Å²) in [4.78, 5) is 11.8. The number of fused-ring (bicyclic) bond motifs is 2. The first-order valence-corrected chi connectivity index (χ1v) is 15.1. The van der Waals surface area contributed by atoms with Crippen LogP contribution in [0, 0.1) is 18.3 Å². The molecule has 3 aromatic heterocycles. The van der Waals surface area contributed by atoms with Gasteiger partial charge in [-0.1, -0.05) is 18.2 Å². The highest BCUT2D eigenvalue weighted by Crippen LogP contribution is 2.33. The fourth-order valence-corrected chi connectivity index (χ4v) is 7.02. The van der Waals surface area contributed by atoms with Crippen molar-refractivity contribution in [3.05, 3.63) is 82.1 Å². The maximum atomic E-state index is 12.9. The van der Waals surface area contributed by atoms with Gasteiger partial charge in [-0.05, 0) is 73.2 Å². The van der Waals surface area contributed by atoms with Crippen molar-refractivity contribution in [3.8, 4) is 6.07 Å². The number of hydrogen-bond acceptors (Lipinski definition) is 7. The maximum absolute atomic E-state index is 12.9. The van der Waals surface area contributed by atoms with E-state index in [1.165, 1.54) is 17.5 Å². The van der Waals surface area contributed by atoms with Gasteiger partial charge in [-0.25, -0.2) is 9.97 Å². The predicted octanol–water partition coefficient (Wildman–Crippen LogP) is 6.83. The topological polar surface area (TPSA) is 95.8 Å². The van der Waals surface area contributed by atoms with Crippen molar-refractivity contribution in [2.45, 2.75) is 57.9 Å². The van der Waals surface area contributed by atoms with Crippen LogP contribution in [-0.2, 0) is 25.9 Å². The van der Waals surface area contributed by atoms with Crippen molar-refractivity contribution < 1.29 is 13.2 Å². The van der Waals surface area contributed by atoms with Gasteiger partial charge in [0, 0.05) is 53.7 Å².